The van der Waals surface area contributed by atoms with Gasteiger partial charge in [0.05, 0.1) is 36.8 Å². The molecule has 7 heteroatoms. The first-order valence-corrected chi connectivity index (χ1v) is 12.6. The lowest BCUT2D eigenvalue weighted by molar-refractivity contribution is 0.0971. The molecule has 2 heterocycles. The highest BCUT2D eigenvalue weighted by Gasteiger charge is 2.44. The minimum atomic E-state index is -0.708. The summed E-state index contributed by atoms with van der Waals surface area (Å²) in [4.78, 5) is 29.2. The van der Waals surface area contributed by atoms with Crippen molar-refractivity contribution in [1.82, 2.24) is 0 Å². The number of para-hydroxylation sites is 1. The van der Waals surface area contributed by atoms with Crippen LogP contribution in [0, 0.1) is 0 Å². The second kappa shape index (κ2) is 10.4. The normalized spacial score (nSPS) is 14.6. The van der Waals surface area contributed by atoms with Crippen LogP contribution in [-0.4, -0.2) is 25.7 Å². The van der Waals surface area contributed by atoms with Crippen LogP contribution in [0.25, 0.3) is 11.0 Å². The minimum Gasteiger partial charge on any atom is -0.494 e. The Bertz CT molecular complexity index is 1490. The number of nitrogens with zero attached hydrogens (tertiary/aromatic N) is 1. The highest BCUT2D eigenvalue weighted by atomic mass is 16.5. The largest absolute Gasteiger partial charge is 0.494 e. The first-order valence-electron chi connectivity index (χ1n) is 12.6. The van der Waals surface area contributed by atoms with Crippen LogP contribution in [0.15, 0.2) is 75.9 Å². The van der Waals surface area contributed by atoms with Gasteiger partial charge in [-0.25, -0.2) is 0 Å². The molecule has 0 aliphatic carbocycles. The molecular formula is C30H29NO6. The number of rotatable bonds is 9. The number of hydrogen-bond donors (Lipinski definition) is 0. The van der Waals surface area contributed by atoms with Crippen LogP contribution in [0.4, 0.5) is 5.69 Å². The van der Waals surface area contributed by atoms with Crippen molar-refractivity contribution in [2.24, 2.45) is 0 Å². The molecule has 0 fully saturated rings. The summed E-state index contributed by atoms with van der Waals surface area (Å²) in [5.41, 5.74) is 1.80. The number of benzene rings is 3. The summed E-state index contributed by atoms with van der Waals surface area (Å²) in [5.74, 6) is 1.55. The monoisotopic (exact) mass is 499 g/mol. The van der Waals surface area contributed by atoms with E-state index in [1.54, 1.807) is 29.2 Å². The molecule has 37 heavy (non-hydrogen) atoms. The Morgan fingerprint density at radius 2 is 1.59 bits per heavy atom. The van der Waals surface area contributed by atoms with Crippen LogP contribution in [0.3, 0.4) is 0 Å². The van der Waals surface area contributed by atoms with Crippen molar-refractivity contribution in [3.8, 4) is 17.2 Å². The van der Waals surface area contributed by atoms with Crippen molar-refractivity contribution in [2.45, 2.75) is 33.2 Å². The van der Waals surface area contributed by atoms with E-state index in [-0.39, 0.29) is 17.1 Å². The van der Waals surface area contributed by atoms with E-state index in [2.05, 4.69) is 0 Å². The maximum atomic E-state index is 13.8. The molecule has 1 atom stereocenters. The second-order valence-corrected chi connectivity index (χ2v) is 8.66. The van der Waals surface area contributed by atoms with Crippen LogP contribution in [0.1, 0.15) is 54.9 Å². The molecule has 0 spiro atoms. The van der Waals surface area contributed by atoms with E-state index in [1.165, 1.54) is 0 Å². The van der Waals surface area contributed by atoms with Gasteiger partial charge in [0, 0.05) is 5.69 Å². The quantitative estimate of drug-likeness (QED) is 0.276. The Hall–Kier alpha value is -4.26. The van der Waals surface area contributed by atoms with E-state index in [1.807, 2.05) is 63.2 Å². The summed E-state index contributed by atoms with van der Waals surface area (Å²) in [6.45, 7) is 7.38. The lowest BCUT2D eigenvalue weighted by Crippen LogP contribution is -2.29. The van der Waals surface area contributed by atoms with Crippen molar-refractivity contribution in [3.05, 3.63) is 93.8 Å². The highest BCUT2D eigenvalue weighted by Crippen LogP contribution is 2.43. The summed E-state index contributed by atoms with van der Waals surface area (Å²) >= 11 is 0. The number of carbonyl (C=O) groups excluding carboxylic acids is 1. The SMILES string of the molecule is CCCOc1ccc(C2c3c(oc4ccccc4c3=O)C(=O)N2c2ccc(OCC)cc2)cc1OCC. The predicted octanol–water partition coefficient (Wildman–Crippen LogP) is 6.13. The molecule has 0 saturated carbocycles. The van der Waals surface area contributed by atoms with Crippen LogP contribution >= 0.6 is 0 Å². The fraction of sp³-hybridized carbons (Fsp3) is 0.267. The molecule has 1 aliphatic heterocycles. The molecule has 1 aliphatic rings. The van der Waals surface area contributed by atoms with E-state index in [0.717, 1.165) is 12.0 Å². The molecule has 0 saturated heterocycles. The van der Waals surface area contributed by atoms with Gasteiger partial charge in [-0.1, -0.05) is 25.1 Å². The van der Waals surface area contributed by atoms with E-state index >= 15 is 0 Å². The number of ether oxygens (including phenoxy) is 3. The standard InChI is InChI=1S/C30H29NO6/c1-4-17-36-24-16-11-19(18-25(24)35-6-3)27-26-28(32)22-9-7-8-10-23(22)37-29(26)30(33)31(27)20-12-14-21(15-13-20)34-5-2/h7-16,18,27H,4-6,17H2,1-3H3. The average Bonchev–Trinajstić information content (AvgIpc) is 3.21. The molecule has 3 aromatic carbocycles. The van der Waals surface area contributed by atoms with E-state index < -0.39 is 6.04 Å². The van der Waals surface area contributed by atoms with Crippen molar-refractivity contribution in [1.29, 1.82) is 0 Å². The topological polar surface area (TPSA) is 78.2 Å². The Balaban J connectivity index is 1.70. The highest BCUT2D eigenvalue weighted by molar-refractivity contribution is 6.10. The van der Waals surface area contributed by atoms with Crippen molar-refractivity contribution in [2.75, 3.05) is 24.7 Å². The van der Waals surface area contributed by atoms with Gasteiger partial charge in [-0.2, -0.15) is 0 Å². The smallest absolute Gasteiger partial charge is 0.295 e. The van der Waals surface area contributed by atoms with Gasteiger partial charge >= 0.3 is 0 Å². The molecule has 1 unspecified atom stereocenters. The van der Waals surface area contributed by atoms with Crippen LogP contribution < -0.4 is 24.5 Å². The summed E-state index contributed by atoms with van der Waals surface area (Å²) in [7, 11) is 0. The van der Waals surface area contributed by atoms with Gasteiger partial charge in [-0.15, -0.1) is 0 Å². The molecule has 4 aromatic rings. The number of carbonyl (C=O) groups is 1. The Morgan fingerprint density at radius 1 is 0.838 bits per heavy atom. The predicted molar refractivity (Wildman–Crippen MR) is 142 cm³/mol. The molecule has 0 radical (unpaired) electrons. The maximum Gasteiger partial charge on any atom is 0.295 e. The van der Waals surface area contributed by atoms with Gasteiger partial charge in [0.2, 0.25) is 5.76 Å². The first kappa shape index (κ1) is 24.4. The molecule has 5 rings (SSSR count). The van der Waals surface area contributed by atoms with Crippen molar-refractivity contribution < 1.29 is 23.4 Å². The van der Waals surface area contributed by atoms with Gasteiger partial charge in [0.25, 0.3) is 5.91 Å². The zero-order valence-electron chi connectivity index (χ0n) is 21.2. The number of anilines is 1. The van der Waals surface area contributed by atoms with Crippen molar-refractivity contribution in [3.63, 3.8) is 0 Å². The molecule has 7 nitrogen and oxygen atoms in total. The summed E-state index contributed by atoms with van der Waals surface area (Å²) < 4.78 is 23.4. The van der Waals surface area contributed by atoms with Crippen LogP contribution in [-0.2, 0) is 0 Å². The molecule has 1 amide bonds. The Kier molecular flexibility index (Phi) is 6.86. The Morgan fingerprint density at radius 3 is 2.32 bits per heavy atom. The summed E-state index contributed by atoms with van der Waals surface area (Å²) in [6, 6.07) is 19.1. The van der Waals surface area contributed by atoms with E-state index in [9.17, 15) is 9.59 Å². The van der Waals surface area contributed by atoms with Gasteiger partial charge in [0.15, 0.2) is 16.9 Å². The third-order valence-corrected chi connectivity index (χ3v) is 6.25. The maximum absolute atomic E-state index is 13.8. The van der Waals surface area contributed by atoms with E-state index in [4.69, 9.17) is 18.6 Å². The second-order valence-electron chi connectivity index (χ2n) is 8.66. The fourth-order valence-electron chi connectivity index (χ4n) is 4.67. The van der Waals surface area contributed by atoms with Crippen LogP contribution in [0.5, 0.6) is 17.2 Å². The zero-order valence-corrected chi connectivity index (χ0v) is 21.2. The molecule has 190 valence electrons. The van der Waals surface area contributed by atoms with Crippen molar-refractivity contribution >= 4 is 22.6 Å². The average molecular weight is 500 g/mol. The summed E-state index contributed by atoms with van der Waals surface area (Å²) in [5, 5.41) is 0.431. The number of hydrogen-bond acceptors (Lipinski definition) is 6. The molecule has 0 bridgehead atoms. The minimum absolute atomic E-state index is 0.0480. The van der Waals surface area contributed by atoms with Crippen LogP contribution in [0.2, 0.25) is 0 Å². The number of amides is 1. The first-order chi connectivity index (χ1) is 18.1. The summed E-state index contributed by atoms with van der Waals surface area (Å²) in [6.07, 6.45) is 0.859. The van der Waals surface area contributed by atoms with Gasteiger partial charge in [0.1, 0.15) is 11.3 Å². The third kappa shape index (κ3) is 4.42. The third-order valence-electron chi connectivity index (χ3n) is 6.25. The van der Waals surface area contributed by atoms with E-state index in [0.29, 0.717) is 59.3 Å². The Labute approximate surface area is 215 Å². The molecule has 0 N–H and O–H groups in total. The van der Waals surface area contributed by atoms with Gasteiger partial charge in [-0.05, 0) is 74.4 Å². The number of fused-ring (bicyclic) bond motifs is 2. The lowest BCUT2D eigenvalue weighted by atomic mass is 9.97. The zero-order chi connectivity index (χ0) is 25.9. The lowest BCUT2D eigenvalue weighted by Gasteiger charge is -2.26. The van der Waals surface area contributed by atoms with Gasteiger partial charge < -0.3 is 18.6 Å². The van der Waals surface area contributed by atoms with Gasteiger partial charge in [-0.3, -0.25) is 14.5 Å². The fourth-order valence-corrected chi connectivity index (χ4v) is 4.67. The molecular weight excluding hydrogens is 470 g/mol. The molecule has 1 aromatic heterocycles.